The first-order chi connectivity index (χ1) is 21.8. The zero-order valence-corrected chi connectivity index (χ0v) is 28.7. The molecule has 234 valence electrons. The minimum atomic E-state index is -0.791. The van der Waals surface area contributed by atoms with Gasteiger partial charge in [-0.3, -0.25) is 9.36 Å². The third-order valence-electron chi connectivity index (χ3n) is 6.89. The van der Waals surface area contributed by atoms with Crippen LogP contribution in [0.2, 0.25) is 5.02 Å². The molecule has 5 rings (SSSR count). The minimum Gasteiger partial charge on any atom is -0.493 e. The average molecular weight is 761 g/mol. The fourth-order valence-corrected chi connectivity index (χ4v) is 6.81. The number of carbonyl (C=O) groups is 1. The van der Waals surface area contributed by atoms with Crippen molar-refractivity contribution in [1.82, 2.24) is 4.57 Å². The zero-order valence-electron chi connectivity index (χ0n) is 25.0. The van der Waals surface area contributed by atoms with E-state index in [9.17, 15) is 9.59 Å². The summed E-state index contributed by atoms with van der Waals surface area (Å²) in [5.74, 6) is 1.58. The van der Waals surface area contributed by atoms with Gasteiger partial charge in [0.05, 0.1) is 47.2 Å². The van der Waals surface area contributed by atoms with Crippen molar-refractivity contribution < 1.29 is 28.5 Å². The van der Waals surface area contributed by atoms with Crippen LogP contribution in [-0.4, -0.2) is 38.0 Å². The summed E-state index contributed by atoms with van der Waals surface area (Å²) in [6, 6.07) is 15.8. The van der Waals surface area contributed by atoms with Gasteiger partial charge in [0.1, 0.15) is 6.61 Å². The molecule has 1 aliphatic rings. The standard InChI is InChI=1S/C33H30ClIN2O7S/c1-5-42-25-12-11-20(16-26(25)43-6-2)29-22(32(39)41-4)17-36-33-37(29)31(38)28(45-33)15-19-13-24(35)30(27(14-19)40-3)44-18-21-9-7-8-10-23(21)34/h7-17,29H,5-6,18H2,1-4H3/b28-15-/t29-/m1/s1. The summed E-state index contributed by atoms with van der Waals surface area (Å²) >= 11 is 9.71. The van der Waals surface area contributed by atoms with Crippen LogP contribution >= 0.6 is 45.5 Å². The number of nitrogens with zero attached hydrogens (tertiary/aromatic N) is 2. The highest BCUT2D eigenvalue weighted by molar-refractivity contribution is 14.1. The first-order valence-corrected chi connectivity index (χ1v) is 16.3. The first-order valence-electron chi connectivity index (χ1n) is 14.0. The van der Waals surface area contributed by atoms with E-state index in [-0.39, 0.29) is 17.7 Å². The number of fused-ring (bicyclic) bond motifs is 1. The van der Waals surface area contributed by atoms with Crippen LogP contribution in [0.25, 0.3) is 6.08 Å². The SMILES string of the molecule is CCOc1ccc([C@@H]2C(C(=O)OC)=CN=c3s/c(=C\c4cc(I)c(OCc5ccccc5Cl)c(OC)c4)c(=O)n32)cc1OCC. The molecule has 0 bridgehead atoms. The number of hydrogen-bond acceptors (Lipinski definition) is 9. The highest BCUT2D eigenvalue weighted by atomic mass is 127. The molecule has 3 aromatic carbocycles. The number of halogens is 2. The summed E-state index contributed by atoms with van der Waals surface area (Å²) in [5, 5.41) is 0.617. The van der Waals surface area contributed by atoms with Gasteiger partial charge in [-0.1, -0.05) is 47.2 Å². The lowest BCUT2D eigenvalue weighted by Gasteiger charge is -2.23. The lowest BCUT2D eigenvalue weighted by Crippen LogP contribution is -2.39. The maximum atomic E-state index is 14.0. The fraction of sp³-hybridized carbons (Fsp3) is 0.242. The van der Waals surface area contributed by atoms with E-state index in [1.807, 2.05) is 50.2 Å². The molecule has 9 nitrogen and oxygen atoms in total. The Labute approximate surface area is 282 Å². The topological polar surface area (TPSA) is 97.6 Å². The van der Waals surface area contributed by atoms with Crippen LogP contribution in [-0.2, 0) is 16.1 Å². The van der Waals surface area contributed by atoms with Gasteiger partial charge in [0, 0.05) is 16.8 Å². The molecule has 0 aliphatic carbocycles. The number of aromatic nitrogens is 1. The number of methoxy groups -OCH3 is 2. The summed E-state index contributed by atoms with van der Waals surface area (Å²) in [5.41, 5.74) is 2.15. The van der Waals surface area contributed by atoms with E-state index in [2.05, 4.69) is 27.6 Å². The molecule has 45 heavy (non-hydrogen) atoms. The van der Waals surface area contributed by atoms with Crippen molar-refractivity contribution in [2.45, 2.75) is 26.5 Å². The Balaban J connectivity index is 1.57. The molecule has 0 amide bonds. The summed E-state index contributed by atoms with van der Waals surface area (Å²) in [7, 11) is 2.86. The van der Waals surface area contributed by atoms with Crippen LogP contribution in [0.15, 0.2) is 76.2 Å². The Morgan fingerprint density at radius 2 is 1.78 bits per heavy atom. The third-order valence-corrected chi connectivity index (χ3v) is 9.05. The van der Waals surface area contributed by atoms with Gasteiger partial charge in [-0.25, -0.2) is 9.79 Å². The van der Waals surface area contributed by atoms with E-state index < -0.39 is 12.0 Å². The highest BCUT2D eigenvalue weighted by Gasteiger charge is 2.31. The Bertz CT molecular complexity index is 1950. The van der Waals surface area contributed by atoms with Crippen molar-refractivity contribution in [3.8, 4) is 23.0 Å². The van der Waals surface area contributed by atoms with Crippen LogP contribution in [0.4, 0.5) is 0 Å². The molecule has 4 aromatic rings. The van der Waals surface area contributed by atoms with E-state index in [1.54, 1.807) is 31.4 Å². The highest BCUT2D eigenvalue weighted by Crippen LogP contribution is 2.36. The second kappa shape index (κ2) is 14.5. The lowest BCUT2D eigenvalue weighted by atomic mass is 9.97. The van der Waals surface area contributed by atoms with E-state index in [0.717, 1.165) is 14.7 Å². The summed E-state index contributed by atoms with van der Waals surface area (Å²) in [6.45, 7) is 4.90. The van der Waals surface area contributed by atoms with E-state index in [4.69, 9.17) is 35.3 Å². The van der Waals surface area contributed by atoms with Crippen LogP contribution in [0.3, 0.4) is 0 Å². The molecule has 0 fully saturated rings. The Morgan fingerprint density at radius 3 is 2.49 bits per heavy atom. The quantitative estimate of drug-likeness (QED) is 0.144. The zero-order chi connectivity index (χ0) is 32.1. The number of ether oxygens (including phenoxy) is 5. The second-order valence-electron chi connectivity index (χ2n) is 9.66. The van der Waals surface area contributed by atoms with E-state index in [1.165, 1.54) is 29.2 Å². The predicted molar refractivity (Wildman–Crippen MR) is 181 cm³/mol. The molecule has 1 aliphatic heterocycles. The van der Waals surface area contributed by atoms with Crippen LogP contribution in [0.1, 0.15) is 36.6 Å². The summed E-state index contributed by atoms with van der Waals surface area (Å²) < 4.78 is 31.1. The smallest absolute Gasteiger partial charge is 0.337 e. The Morgan fingerprint density at radius 1 is 1.02 bits per heavy atom. The number of esters is 1. The van der Waals surface area contributed by atoms with E-state index >= 15 is 0 Å². The molecule has 12 heteroatoms. The molecular formula is C33H30ClIN2O7S. The molecule has 0 N–H and O–H groups in total. The number of benzene rings is 3. The van der Waals surface area contributed by atoms with Gasteiger partial charge in [0.15, 0.2) is 27.8 Å². The molecule has 0 saturated heterocycles. The number of carbonyl (C=O) groups excluding carboxylic acids is 1. The van der Waals surface area contributed by atoms with Crippen molar-refractivity contribution in [1.29, 1.82) is 0 Å². The van der Waals surface area contributed by atoms with Crippen molar-refractivity contribution in [2.24, 2.45) is 4.99 Å². The number of hydrogen-bond donors (Lipinski definition) is 0. The molecular weight excluding hydrogens is 731 g/mol. The molecule has 1 atom stereocenters. The first kappa shape index (κ1) is 32.6. The molecule has 2 heterocycles. The number of rotatable bonds is 11. The largest absolute Gasteiger partial charge is 0.493 e. The van der Waals surface area contributed by atoms with Crippen molar-refractivity contribution in [3.63, 3.8) is 0 Å². The minimum absolute atomic E-state index is 0.222. The van der Waals surface area contributed by atoms with Gasteiger partial charge in [0.25, 0.3) is 5.56 Å². The second-order valence-corrected chi connectivity index (χ2v) is 12.2. The molecule has 0 saturated carbocycles. The monoisotopic (exact) mass is 760 g/mol. The van der Waals surface area contributed by atoms with Gasteiger partial charge < -0.3 is 23.7 Å². The maximum Gasteiger partial charge on any atom is 0.337 e. The fourth-order valence-electron chi connectivity index (χ4n) is 4.87. The summed E-state index contributed by atoms with van der Waals surface area (Å²) in [6.07, 6.45) is 3.23. The van der Waals surface area contributed by atoms with Crippen molar-refractivity contribution >= 4 is 57.6 Å². The van der Waals surface area contributed by atoms with Gasteiger partial charge in [-0.15, -0.1) is 0 Å². The van der Waals surface area contributed by atoms with Crippen molar-refractivity contribution in [2.75, 3.05) is 27.4 Å². The van der Waals surface area contributed by atoms with Crippen LogP contribution in [0, 0.1) is 3.57 Å². The molecule has 1 aromatic heterocycles. The van der Waals surface area contributed by atoms with Gasteiger partial charge in [0.2, 0.25) is 0 Å². The third kappa shape index (κ3) is 6.90. The molecule has 0 unspecified atom stereocenters. The summed E-state index contributed by atoms with van der Waals surface area (Å²) in [4.78, 5) is 31.8. The number of thiazole rings is 1. The Kier molecular flexibility index (Phi) is 10.5. The van der Waals surface area contributed by atoms with Gasteiger partial charge in [-0.2, -0.15) is 0 Å². The van der Waals surface area contributed by atoms with Gasteiger partial charge in [-0.05, 0) is 84.0 Å². The van der Waals surface area contributed by atoms with Crippen LogP contribution < -0.4 is 33.8 Å². The van der Waals surface area contributed by atoms with E-state index in [0.29, 0.717) is 56.1 Å². The predicted octanol–water partition coefficient (Wildman–Crippen LogP) is 5.66. The van der Waals surface area contributed by atoms with Crippen molar-refractivity contribution in [3.05, 3.63) is 111 Å². The average Bonchev–Trinajstić information content (AvgIpc) is 3.35. The van der Waals surface area contributed by atoms with Crippen LogP contribution in [0.5, 0.6) is 23.0 Å². The normalized spacial score (nSPS) is 14.2. The lowest BCUT2D eigenvalue weighted by molar-refractivity contribution is -0.136. The maximum absolute atomic E-state index is 14.0. The molecule has 0 spiro atoms. The van der Waals surface area contributed by atoms with Gasteiger partial charge >= 0.3 is 5.97 Å². The molecule has 0 radical (unpaired) electrons. The Hall–Kier alpha value is -3.81.